The lowest BCUT2D eigenvalue weighted by Crippen LogP contribution is -2.00. The quantitative estimate of drug-likeness (QED) is 0.161. The molecule has 0 atom stereocenters. The minimum atomic E-state index is 0.600. The summed E-state index contributed by atoms with van der Waals surface area (Å²) in [5.41, 5.74) is 13.4. The first-order chi connectivity index (χ1) is 30.7. The van der Waals surface area contributed by atoms with Crippen LogP contribution in [0.25, 0.3) is 112 Å². The number of hydrogen-bond acceptors (Lipinski definition) is 4. The lowest BCUT2D eigenvalue weighted by Gasteiger charge is -2.11. The fraction of sp³-hybridized carbons (Fsp3) is 0. The zero-order valence-corrected chi connectivity index (χ0v) is 33.5. The molecule has 6 heteroatoms. The minimum Gasteiger partial charge on any atom is -0.309 e. The molecule has 0 spiro atoms. The number of para-hydroxylation sites is 2. The summed E-state index contributed by atoms with van der Waals surface area (Å²) in [4.78, 5) is 15.2. The van der Waals surface area contributed by atoms with Crippen molar-refractivity contribution < 1.29 is 0 Å². The maximum Gasteiger partial charge on any atom is 0.164 e. The summed E-state index contributed by atoms with van der Waals surface area (Å²) in [7, 11) is 0. The zero-order valence-electron chi connectivity index (χ0n) is 33.5. The summed E-state index contributed by atoms with van der Waals surface area (Å²) in [5.74, 6) is 1.83. The number of fused-ring (bicyclic) bond motifs is 6. The van der Waals surface area contributed by atoms with Gasteiger partial charge in [0, 0.05) is 55.2 Å². The smallest absolute Gasteiger partial charge is 0.164 e. The molecule has 0 unspecified atom stereocenters. The van der Waals surface area contributed by atoms with Gasteiger partial charge in [-0.05, 0) is 53.4 Å². The van der Waals surface area contributed by atoms with Crippen molar-refractivity contribution in [1.82, 2.24) is 29.1 Å². The third kappa shape index (κ3) is 5.96. The van der Waals surface area contributed by atoms with E-state index in [1.807, 2.05) is 30.3 Å². The molecule has 0 aliphatic rings. The first-order valence-electron chi connectivity index (χ1n) is 20.8. The van der Waals surface area contributed by atoms with Crippen LogP contribution in [-0.4, -0.2) is 29.1 Å². The predicted molar refractivity (Wildman–Crippen MR) is 253 cm³/mol. The van der Waals surface area contributed by atoms with Crippen LogP contribution in [-0.2, 0) is 0 Å². The van der Waals surface area contributed by atoms with Crippen LogP contribution in [0.2, 0.25) is 0 Å². The van der Waals surface area contributed by atoms with Crippen LogP contribution in [0.1, 0.15) is 0 Å². The van der Waals surface area contributed by atoms with Gasteiger partial charge in [-0.1, -0.05) is 176 Å². The first kappa shape index (κ1) is 35.5. The van der Waals surface area contributed by atoms with E-state index in [-0.39, 0.29) is 0 Å². The minimum absolute atomic E-state index is 0.600. The summed E-state index contributed by atoms with van der Waals surface area (Å²) in [5, 5.41) is 10.2. The maximum atomic E-state index is 5.43. The van der Waals surface area contributed by atoms with Crippen LogP contribution < -0.4 is 0 Å². The number of nitrogens with zero attached hydrogens (tertiary/aromatic N) is 6. The number of benzene rings is 8. The highest BCUT2D eigenvalue weighted by Crippen LogP contribution is 2.41. The van der Waals surface area contributed by atoms with Gasteiger partial charge in [0.2, 0.25) is 0 Å². The van der Waals surface area contributed by atoms with Gasteiger partial charge in [0.15, 0.2) is 17.5 Å². The van der Waals surface area contributed by atoms with Crippen molar-refractivity contribution in [2.24, 2.45) is 0 Å². The molecule has 62 heavy (non-hydrogen) atoms. The Morgan fingerprint density at radius 2 is 0.774 bits per heavy atom. The number of rotatable bonds is 7. The molecule has 8 aromatic carbocycles. The Kier molecular flexibility index (Phi) is 8.38. The van der Waals surface area contributed by atoms with Crippen LogP contribution in [0.15, 0.2) is 218 Å². The average molecular weight is 793 g/mol. The van der Waals surface area contributed by atoms with Crippen molar-refractivity contribution in [3.63, 3.8) is 0 Å². The van der Waals surface area contributed by atoms with Crippen LogP contribution in [0, 0.1) is 0 Å². The Morgan fingerprint density at radius 3 is 1.35 bits per heavy atom. The molecule has 0 amide bonds. The molecule has 0 saturated carbocycles. The lowest BCUT2D eigenvalue weighted by molar-refractivity contribution is 0.979. The summed E-state index contributed by atoms with van der Waals surface area (Å²) >= 11 is 0. The van der Waals surface area contributed by atoms with Gasteiger partial charge < -0.3 is 4.57 Å². The van der Waals surface area contributed by atoms with Crippen molar-refractivity contribution >= 4 is 38.1 Å². The van der Waals surface area contributed by atoms with Crippen molar-refractivity contribution in [1.29, 1.82) is 0 Å². The second-order valence-corrected chi connectivity index (χ2v) is 15.5. The molecule has 4 aromatic heterocycles. The average Bonchev–Trinajstić information content (AvgIpc) is 3.92. The second-order valence-electron chi connectivity index (χ2n) is 15.5. The van der Waals surface area contributed by atoms with E-state index in [1.165, 1.54) is 27.2 Å². The lowest BCUT2D eigenvalue weighted by atomic mass is 9.96. The molecule has 12 rings (SSSR count). The molecule has 0 N–H and O–H groups in total. The van der Waals surface area contributed by atoms with E-state index in [1.54, 1.807) is 0 Å². The SMILES string of the molecule is c1ccc(-c2nc(-c3ccc(-c4nn5c(-c6ccccc6)cc6ccccc6c5c4-c4ccccc4)cc3)nc(-c3ccc(-n4c5ccccc5c5ccccc54)cc3)n2)cc1. The van der Waals surface area contributed by atoms with Gasteiger partial charge >= 0.3 is 0 Å². The Bertz CT molecular complexity index is 3540. The number of pyridine rings is 1. The summed E-state index contributed by atoms with van der Waals surface area (Å²) in [6.45, 7) is 0. The molecule has 0 aliphatic heterocycles. The molecule has 0 saturated heterocycles. The molecule has 0 aliphatic carbocycles. The highest BCUT2D eigenvalue weighted by Gasteiger charge is 2.22. The number of aromatic nitrogens is 6. The van der Waals surface area contributed by atoms with Crippen LogP contribution in [0.3, 0.4) is 0 Å². The molecule has 4 heterocycles. The highest BCUT2D eigenvalue weighted by atomic mass is 15.2. The maximum absolute atomic E-state index is 5.43. The Balaban J connectivity index is 0.984. The van der Waals surface area contributed by atoms with E-state index in [0.29, 0.717) is 17.5 Å². The molecule has 0 bridgehead atoms. The summed E-state index contributed by atoms with van der Waals surface area (Å²) in [6, 6.07) is 76.2. The molecule has 6 nitrogen and oxygen atoms in total. The predicted octanol–water partition coefficient (Wildman–Crippen LogP) is 13.8. The van der Waals surface area contributed by atoms with E-state index in [9.17, 15) is 0 Å². The summed E-state index contributed by atoms with van der Waals surface area (Å²) < 4.78 is 4.45. The molecule has 0 radical (unpaired) electrons. The van der Waals surface area contributed by atoms with Crippen molar-refractivity contribution in [3.8, 4) is 73.5 Å². The normalized spacial score (nSPS) is 11.5. The zero-order chi connectivity index (χ0) is 41.0. The van der Waals surface area contributed by atoms with Gasteiger partial charge in [-0.2, -0.15) is 5.10 Å². The topological polar surface area (TPSA) is 60.9 Å². The fourth-order valence-electron chi connectivity index (χ4n) is 8.87. The Hall–Kier alpha value is -8.48. The van der Waals surface area contributed by atoms with Gasteiger partial charge in [-0.3, -0.25) is 0 Å². The van der Waals surface area contributed by atoms with Crippen molar-refractivity contribution in [3.05, 3.63) is 218 Å². The number of hydrogen-bond donors (Lipinski definition) is 0. The van der Waals surface area contributed by atoms with Crippen LogP contribution in [0.4, 0.5) is 0 Å². The van der Waals surface area contributed by atoms with Gasteiger partial charge in [-0.15, -0.1) is 0 Å². The Morgan fingerprint density at radius 1 is 0.339 bits per heavy atom. The molecular formula is C56H36N6. The largest absolute Gasteiger partial charge is 0.309 e. The molecule has 12 aromatic rings. The molecular weight excluding hydrogens is 757 g/mol. The monoisotopic (exact) mass is 792 g/mol. The third-order valence-electron chi connectivity index (χ3n) is 11.8. The van der Waals surface area contributed by atoms with Gasteiger partial charge in [-0.25, -0.2) is 19.5 Å². The van der Waals surface area contributed by atoms with E-state index >= 15 is 0 Å². The molecule has 0 fully saturated rings. The summed E-state index contributed by atoms with van der Waals surface area (Å²) in [6.07, 6.45) is 0. The van der Waals surface area contributed by atoms with E-state index in [4.69, 9.17) is 20.1 Å². The van der Waals surface area contributed by atoms with Gasteiger partial charge in [0.05, 0.1) is 22.2 Å². The van der Waals surface area contributed by atoms with E-state index < -0.39 is 0 Å². The van der Waals surface area contributed by atoms with Crippen LogP contribution in [0.5, 0.6) is 0 Å². The highest BCUT2D eigenvalue weighted by molar-refractivity contribution is 6.10. The molecule has 290 valence electrons. The first-order valence-corrected chi connectivity index (χ1v) is 20.8. The standard InChI is InChI=1S/C56H36N6/c1-4-16-37(17-5-1)50-36-43-22-10-11-23-45(43)53-51(38-18-6-2-7-19-38)52(60-62(50)53)39-28-30-41(31-29-39)55-57-54(40-20-8-3-9-21-40)58-56(59-55)42-32-34-44(35-33-42)61-48-26-14-12-24-46(48)47-25-13-15-27-49(47)61/h1-36H. The van der Waals surface area contributed by atoms with Crippen molar-refractivity contribution in [2.45, 2.75) is 0 Å². The van der Waals surface area contributed by atoms with Crippen LogP contribution >= 0.6 is 0 Å². The third-order valence-corrected chi connectivity index (χ3v) is 11.8. The van der Waals surface area contributed by atoms with E-state index in [0.717, 1.165) is 66.9 Å². The van der Waals surface area contributed by atoms with E-state index in [2.05, 4.69) is 197 Å². The van der Waals surface area contributed by atoms with Gasteiger partial charge in [0.25, 0.3) is 0 Å². The second kappa shape index (κ2) is 14.7. The fourth-order valence-corrected chi connectivity index (χ4v) is 8.87. The van der Waals surface area contributed by atoms with Crippen molar-refractivity contribution in [2.75, 3.05) is 0 Å². The van der Waals surface area contributed by atoms with Gasteiger partial charge in [0.1, 0.15) is 5.69 Å². The Labute approximate surface area is 357 Å².